The Morgan fingerprint density at radius 1 is 1.13 bits per heavy atom. The van der Waals surface area contributed by atoms with Crippen LogP contribution in [0.5, 0.6) is 0 Å². The maximum atomic E-state index is 12.9. The second-order valence-corrected chi connectivity index (χ2v) is 7.32. The average Bonchev–Trinajstić information content (AvgIpc) is 2.79. The molecular formula is C23H23N5O2. The molecule has 30 heavy (non-hydrogen) atoms. The van der Waals surface area contributed by atoms with Crippen molar-refractivity contribution in [2.45, 2.75) is 31.8 Å². The number of hydrogen-bond acceptors (Lipinski definition) is 5. The van der Waals surface area contributed by atoms with Crippen LogP contribution in [-0.2, 0) is 13.0 Å². The van der Waals surface area contributed by atoms with E-state index in [1.165, 1.54) is 17.3 Å². The minimum Gasteiger partial charge on any atom is -0.364 e. The molecule has 152 valence electrons. The van der Waals surface area contributed by atoms with Crippen LogP contribution in [0, 0.1) is 0 Å². The predicted molar refractivity (Wildman–Crippen MR) is 113 cm³/mol. The SMILES string of the molecule is NCc1ncc(-c2cccc(C(=O)N[C@H]3CCCc4ccccc43)c2)nc1C(N)=O. The first kappa shape index (κ1) is 19.7. The molecule has 2 aromatic carbocycles. The van der Waals surface area contributed by atoms with E-state index in [-0.39, 0.29) is 24.2 Å². The first-order valence-corrected chi connectivity index (χ1v) is 9.91. The van der Waals surface area contributed by atoms with Crippen molar-refractivity contribution in [3.8, 4) is 11.3 Å². The Hall–Kier alpha value is -3.58. The minimum absolute atomic E-state index is 0.00352. The van der Waals surface area contributed by atoms with Crippen molar-refractivity contribution >= 4 is 11.8 Å². The number of fused-ring (bicyclic) bond motifs is 1. The summed E-state index contributed by atoms with van der Waals surface area (Å²) in [6.45, 7) is 0.0663. The van der Waals surface area contributed by atoms with E-state index < -0.39 is 5.91 Å². The summed E-state index contributed by atoms with van der Waals surface area (Å²) in [6, 6.07) is 15.3. The lowest BCUT2D eigenvalue weighted by Crippen LogP contribution is -2.31. The number of carbonyl (C=O) groups is 2. The van der Waals surface area contributed by atoms with E-state index in [1.54, 1.807) is 18.2 Å². The fraction of sp³-hybridized carbons (Fsp3) is 0.217. The van der Waals surface area contributed by atoms with Crippen LogP contribution in [0.2, 0.25) is 0 Å². The van der Waals surface area contributed by atoms with Crippen molar-refractivity contribution in [3.63, 3.8) is 0 Å². The van der Waals surface area contributed by atoms with E-state index in [0.29, 0.717) is 22.5 Å². The van der Waals surface area contributed by atoms with Crippen LogP contribution in [0.15, 0.2) is 54.7 Å². The molecular weight excluding hydrogens is 378 g/mol. The maximum Gasteiger partial charge on any atom is 0.269 e. The summed E-state index contributed by atoms with van der Waals surface area (Å²) in [6.07, 6.45) is 4.53. The molecule has 4 rings (SSSR count). The minimum atomic E-state index is -0.685. The molecule has 0 saturated carbocycles. The molecule has 0 fully saturated rings. The van der Waals surface area contributed by atoms with Crippen LogP contribution in [-0.4, -0.2) is 21.8 Å². The van der Waals surface area contributed by atoms with Gasteiger partial charge < -0.3 is 16.8 Å². The maximum absolute atomic E-state index is 12.9. The summed E-state index contributed by atoms with van der Waals surface area (Å²) in [4.78, 5) is 33.1. The fourth-order valence-electron chi connectivity index (χ4n) is 3.87. The lowest BCUT2D eigenvalue weighted by molar-refractivity contribution is 0.0931. The van der Waals surface area contributed by atoms with Crippen molar-refractivity contribution in [2.75, 3.05) is 0 Å². The van der Waals surface area contributed by atoms with E-state index in [1.807, 2.05) is 18.2 Å². The van der Waals surface area contributed by atoms with Gasteiger partial charge in [0.2, 0.25) is 0 Å². The molecule has 0 bridgehead atoms. The molecule has 1 atom stereocenters. The van der Waals surface area contributed by atoms with Crippen LogP contribution < -0.4 is 16.8 Å². The Kier molecular flexibility index (Phi) is 5.54. The van der Waals surface area contributed by atoms with Crippen LogP contribution in [0.25, 0.3) is 11.3 Å². The number of benzene rings is 2. The Bertz CT molecular complexity index is 1110. The summed E-state index contributed by atoms with van der Waals surface area (Å²) in [5.74, 6) is -0.838. The highest BCUT2D eigenvalue weighted by Gasteiger charge is 2.22. The molecule has 1 aliphatic carbocycles. The summed E-state index contributed by atoms with van der Waals surface area (Å²) in [5, 5.41) is 3.15. The Morgan fingerprint density at radius 3 is 2.77 bits per heavy atom. The Labute approximate surface area is 174 Å². The van der Waals surface area contributed by atoms with E-state index in [0.717, 1.165) is 19.3 Å². The average molecular weight is 401 g/mol. The number of nitrogens with two attached hydrogens (primary N) is 2. The van der Waals surface area contributed by atoms with Gasteiger partial charge in [-0.25, -0.2) is 4.98 Å². The molecule has 5 N–H and O–H groups in total. The van der Waals surface area contributed by atoms with Gasteiger partial charge in [-0.1, -0.05) is 36.4 Å². The van der Waals surface area contributed by atoms with Crippen molar-refractivity contribution in [2.24, 2.45) is 11.5 Å². The van der Waals surface area contributed by atoms with Gasteiger partial charge in [0, 0.05) is 17.7 Å². The third kappa shape index (κ3) is 3.92. The van der Waals surface area contributed by atoms with Gasteiger partial charge in [0.25, 0.3) is 11.8 Å². The molecule has 2 amide bonds. The van der Waals surface area contributed by atoms with E-state index in [4.69, 9.17) is 11.5 Å². The highest BCUT2D eigenvalue weighted by Crippen LogP contribution is 2.30. The van der Waals surface area contributed by atoms with Gasteiger partial charge in [-0.3, -0.25) is 14.6 Å². The molecule has 0 unspecified atom stereocenters. The van der Waals surface area contributed by atoms with Crippen molar-refractivity contribution in [1.29, 1.82) is 0 Å². The van der Waals surface area contributed by atoms with Crippen molar-refractivity contribution in [1.82, 2.24) is 15.3 Å². The summed E-state index contributed by atoms with van der Waals surface area (Å²) >= 11 is 0. The zero-order valence-corrected chi connectivity index (χ0v) is 16.5. The number of aromatic nitrogens is 2. The lowest BCUT2D eigenvalue weighted by atomic mass is 9.87. The molecule has 0 aliphatic heterocycles. The van der Waals surface area contributed by atoms with Crippen molar-refractivity contribution in [3.05, 3.63) is 82.8 Å². The predicted octanol–water partition coefficient (Wildman–Crippen LogP) is 2.51. The lowest BCUT2D eigenvalue weighted by Gasteiger charge is -2.26. The zero-order valence-electron chi connectivity index (χ0n) is 16.5. The summed E-state index contributed by atoms with van der Waals surface area (Å²) in [5.41, 5.74) is 15.5. The first-order valence-electron chi connectivity index (χ1n) is 9.91. The van der Waals surface area contributed by atoms with Crippen LogP contribution in [0.4, 0.5) is 0 Å². The Balaban J connectivity index is 1.59. The molecule has 1 aliphatic rings. The Morgan fingerprint density at radius 2 is 1.97 bits per heavy atom. The van der Waals surface area contributed by atoms with Crippen molar-refractivity contribution < 1.29 is 9.59 Å². The third-order valence-electron chi connectivity index (χ3n) is 5.37. The summed E-state index contributed by atoms with van der Waals surface area (Å²) in [7, 11) is 0. The number of rotatable bonds is 5. The molecule has 7 heteroatoms. The quantitative estimate of drug-likeness (QED) is 0.606. The van der Waals surface area contributed by atoms with Crippen LogP contribution >= 0.6 is 0 Å². The smallest absolute Gasteiger partial charge is 0.269 e. The normalized spacial score (nSPS) is 15.3. The second-order valence-electron chi connectivity index (χ2n) is 7.32. The number of primary amides is 1. The van der Waals surface area contributed by atoms with Gasteiger partial charge in [0.15, 0.2) is 5.69 Å². The number of amides is 2. The van der Waals surface area contributed by atoms with Gasteiger partial charge in [0.1, 0.15) is 0 Å². The highest BCUT2D eigenvalue weighted by molar-refractivity contribution is 5.96. The molecule has 1 aromatic heterocycles. The van der Waals surface area contributed by atoms with E-state index in [9.17, 15) is 9.59 Å². The molecule has 3 aromatic rings. The molecule has 0 radical (unpaired) electrons. The topological polar surface area (TPSA) is 124 Å². The number of hydrogen-bond donors (Lipinski definition) is 3. The molecule has 7 nitrogen and oxygen atoms in total. The number of nitrogens with one attached hydrogen (secondary N) is 1. The monoisotopic (exact) mass is 401 g/mol. The van der Waals surface area contributed by atoms with Gasteiger partial charge in [-0.05, 0) is 42.5 Å². The second kappa shape index (κ2) is 8.42. The third-order valence-corrected chi connectivity index (χ3v) is 5.37. The van der Waals surface area contributed by atoms with E-state index >= 15 is 0 Å². The highest BCUT2D eigenvalue weighted by atomic mass is 16.2. The van der Waals surface area contributed by atoms with E-state index in [2.05, 4.69) is 27.4 Å². The van der Waals surface area contributed by atoms with Gasteiger partial charge in [-0.2, -0.15) is 0 Å². The van der Waals surface area contributed by atoms with Crippen LogP contribution in [0.3, 0.4) is 0 Å². The number of carbonyl (C=O) groups excluding carboxylic acids is 2. The standard InChI is InChI=1S/C23H23N5O2/c24-12-19-21(22(25)29)27-20(13-26-19)15-7-3-8-16(11-15)23(30)28-18-10-4-6-14-5-1-2-9-17(14)18/h1-3,5,7-9,11,13,18H,4,6,10,12,24H2,(H2,25,29)(H,28,30)/t18-/m0/s1. The van der Waals surface area contributed by atoms with Gasteiger partial charge in [0.05, 0.1) is 23.6 Å². The largest absolute Gasteiger partial charge is 0.364 e. The summed E-state index contributed by atoms with van der Waals surface area (Å²) < 4.78 is 0. The number of aryl methyl sites for hydroxylation is 1. The number of nitrogens with zero attached hydrogens (tertiary/aromatic N) is 2. The zero-order chi connectivity index (χ0) is 21.1. The molecule has 0 saturated heterocycles. The first-order chi connectivity index (χ1) is 14.6. The molecule has 1 heterocycles. The van der Waals surface area contributed by atoms with Crippen LogP contribution in [0.1, 0.15) is 56.6 Å². The van der Waals surface area contributed by atoms with Gasteiger partial charge in [-0.15, -0.1) is 0 Å². The van der Waals surface area contributed by atoms with Gasteiger partial charge >= 0.3 is 0 Å². The fourth-order valence-corrected chi connectivity index (χ4v) is 3.87. The molecule has 0 spiro atoms.